The van der Waals surface area contributed by atoms with E-state index < -0.39 is 0 Å². The number of benzene rings is 2. The molecule has 2 aliphatic rings. The zero-order valence-corrected chi connectivity index (χ0v) is 27.2. The lowest BCUT2D eigenvalue weighted by Gasteiger charge is -2.32. The summed E-state index contributed by atoms with van der Waals surface area (Å²) in [4.78, 5) is 5.33. The van der Waals surface area contributed by atoms with Crippen LogP contribution in [0, 0.1) is 0 Å². The number of hydrogen-bond donors (Lipinski definition) is 0. The zero-order chi connectivity index (χ0) is 29.3. The summed E-state index contributed by atoms with van der Waals surface area (Å²) in [6.45, 7) is 16.5. The van der Waals surface area contributed by atoms with E-state index in [-0.39, 0.29) is 10.8 Å². The summed E-state index contributed by atoms with van der Waals surface area (Å²) in [5.74, 6) is 0. The molecule has 0 amide bonds. The number of unbranched alkanes of at least 4 members (excludes halogenated alkanes) is 10. The van der Waals surface area contributed by atoms with E-state index >= 15 is 0 Å². The van der Waals surface area contributed by atoms with Gasteiger partial charge in [-0.25, -0.2) is 0 Å². The van der Waals surface area contributed by atoms with Gasteiger partial charge in [0.2, 0.25) is 0 Å². The van der Waals surface area contributed by atoms with Crippen LogP contribution in [0.25, 0.3) is 0 Å². The molecule has 0 saturated heterocycles. The second-order valence-electron chi connectivity index (χ2n) is 13.6. The Morgan fingerprint density at radius 2 is 1.17 bits per heavy atom. The molecule has 4 rings (SSSR count). The van der Waals surface area contributed by atoms with Crippen molar-refractivity contribution in [1.82, 2.24) is 0 Å². The normalized spacial score (nSPS) is 19.9. The summed E-state index contributed by atoms with van der Waals surface area (Å²) in [6.07, 6.45) is 23.4. The highest BCUT2D eigenvalue weighted by atomic mass is 15.2. The Hall–Kier alpha value is -2.48. The van der Waals surface area contributed by atoms with Crippen molar-refractivity contribution in [3.8, 4) is 0 Å². The van der Waals surface area contributed by atoms with Crippen molar-refractivity contribution in [3.05, 3.63) is 83.6 Å². The van der Waals surface area contributed by atoms with Crippen LogP contribution in [0.3, 0.4) is 0 Å². The van der Waals surface area contributed by atoms with E-state index in [2.05, 4.69) is 118 Å². The Kier molecular flexibility index (Phi) is 11.2. The van der Waals surface area contributed by atoms with Crippen molar-refractivity contribution in [2.45, 2.75) is 135 Å². The number of allylic oxidation sites excluding steroid dienone is 3. The van der Waals surface area contributed by atoms with Gasteiger partial charge in [-0.3, -0.25) is 0 Å². The molecule has 2 heterocycles. The molecule has 2 heteroatoms. The molecule has 2 aromatic rings. The van der Waals surface area contributed by atoms with Gasteiger partial charge in [-0.1, -0.05) is 154 Å². The minimum atomic E-state index is 0.00940. The molecule has 0 fully saturated rings. The van der Waals surface area contributed by atoms with Crippen molar-refractivity contribution in [3.63, 3.8) is 0 Å². The Balaban J connectivity index is 1.54. The van der Waals surface area contributed by atoms with E-state index in [4.69, 9.17) is 0 Å². The van der Waals surface area contributed by atoms with Gasteiger partial charge < -0.3 is 9.80 Å². The highest BCUT2D eigenvalue weighted by molar-refractivity contribution is 5.71. The van der Waals surface area contributed by atoms with Crippen LogP contribution in [0.2, 0.25) is 0 Å². The first-order valence-corrected chi connectivity index (χ1v) is 17.0. The molecule has 0 bridgehead atoms. The molecule has 41 heavy (non-hydrogen) atoms. The molecule has 2 nitrogen and oxygen atoms in total. The van der Waals surface area contributed by atoms with Crippen LogP contribution < -0.4 is 9.80 Å². The van der Waals surface area contributed by atoms with Gasteiger partial charge in [0, 0.05) is 41.0 Å². The maximum atomic E-state index is 2.70. The maximum Gasteiger partial charge on any atom is 0.0568 e. The molecule has 1 atom stereocenters. The average molecular weight is 555 g/mol. The standard InChI is InChI=1S/C39H58N2/c1-7-9-11-13-15-21-30-40-34-26-19-17-24-32(34)38(3,4)36(40)28-23-29-37-39(5,6)33-25-18-20-27-35(33)41(37)31-22-16-14-12-10-8-2/h17-20,23-29,36H,7-16,21-22,30-31H2,1-6H3. The second kappa shape index (κ2) is 14.6. The number of anilines is 2. The molecule has 2 aliphatic heterocycles. The van der Waals surface area contributed by atoms with E-state index in [1.54, 1.807) is 0 Å². The monoisotopic (exact) mass is 554 g/mol. The summed E-state index contributed by atoms with van der Waals surface area (Å²) < 4.78 is 0. The molecular weight excluding hydrogens is 496 g/mol. The van der Waals surface area contributed by atoms with Gasteiger partial charge >= 0.3 is 0 Å². The summed E-state index contributed by atoms with van der Waals surface area (Å²) in [5, 5.41) is 0. The fourth-order valence-electron chi connectivity index (χ4n) is 7.32. The number of hydrogen-bond acceptors (Lipinski definition) is 2. The SMILES string of the molecule is CCCCCCCCN1C(=CC=CC2N(CCCCCCCC)c3ccccc3C2(C)C)C(C)(C)c2ccccc21. The van der Waals surface area contributed by atoms with Crippen LogP contribution >= 0.6 is 0 Å². The van der Waals surface area contributed by atoms with Gasteiger partial charge in [0.15, 0.2) is 0 Å². The topological polar surface area (TPSA) is 6.48 Å². The van der Waals surface area contributed by atoms with Gasteiger partial charge in [-0.15, -0.1) is 0 Å². The molecule has 0 spiro atoms. The Bertz CT molecular complexity index is 1150. The van der Waals surface area contributed by atoms with Crippen LogP contribution in [-0.4, -0.2) is 19.1 Å². The summed E-state index contributed by atoms with van der Waals surface area (Å²) in [7, 11) is 0. The Morgan fingerprint density at radius 3 is 1.83 bits per heavy atom. The summed E-state index contributed by atoms with van der Waals surface area (Å²) in [6, 6.07) is 18.6. The minimum absolute atomic E-state index is 0.00940. The number of rotatable bonds is 16. The van der Waals surface area contributed by atoms with Crippen molar-refractivity contribution < 1.29 is 0 Å². The van der Waals surface area contributed by atoms with Gasteiger partial charge in [0.1, 0.15) is 0 Å². The molecule has 0 aliphatic carbocycles. The Morgan fingerprint density at radius 1 is 0.634 bits per heavy atom. The fraction of sp³-hybridized carbons (Fsp3) is 0.590. The molecule has 0 aromatic heterocycles. The third kappa shape index (κ3) is 7.12. The van der Waals surface area contributed by atoms with Crippen molar-refractivity contribution in [2.24, 2.45) is 0 Å². The van der Waals surface area contributed by atoms with Crippen LogP contribution in [0.1, 0.15) is 130 Å². The van der Waals surface area contributed by atoms with E-state index in [9.17, 15) is 0 Å². The maximum absolute atomic E-state index is 2.70. The second-order valence-corrected chi connectivity index (χ2v) is 13.6. The van der Waals surface area contributed by atoms with E-state index in [1.807, 2.05) is 0 Å². The predicted octanol–water partition coefficient (Wildman–Crippen LogP) is 11.1. The summed E-state index contributed by atoms with van der Waals surface area (Å²) in [5.41, 5.74) is 7.33. The number of para-hydroxylation sites is 2. The van der Waals surface area contributed by atoms with E-state index in [0.29, 0.717) is 6.04 Å². The minimum Gasteiger partial charge on any atom is -0.364 e. The largest absolute Gasteiger partial charge is 0.364 e. The van der Waals surface area contributed by atoms with E-state index in [1.165, 1.54) is 105 Å². The lowest BCUT2D eigenvalue weighted by molar-refractivity contribution is 0.468. The van der Waals surface area contributed by atoms with Gasteiger partial charge in [-0.05, 0) is 42.2 Å². The quantitative estimate of drug-likeness (QED) is 0.190. The first kappa shape index (κ1) is 31.5. The van der Waals surface area contributed by atoms with Crippen LogP contribution in [0.15, 0.2) is 72.5 Å². The van der Waals surface area contributed by atoms with Crippen molar-refractivity contribution in [1.29, 1.82) is 0 Å². The zero-order valence-electron chi connectivity index (χ0n) is 27.2. The summed E-state index contributed by atoms with van der Waals surface area (Å²) >= 11 is 0. The molecule has 0 N–H and O–H groups in total. The first-order chi connectivity index (χ1) is 19.8. The number of nitrogens with zero attached hydrogens (tertiary/aromatic N) is 2. The molecule has 224 valence electrons. The van der Waals surface area contributed by atoms with Crippen LogP contribution in [0.4, 0.5) is 11.4 Å². The predicted molar refractivity (Wildman–Crippen MR) is 181 cm³/mol. The van der Waals surface area contributed by atoms with Gasteiger partial charge in [-0.2, -0.15) is 0 Å². The Labute approximate surface area is 252 Å². The lowest BCUT2D eigenvalue weighted by Crippen LogP contribution is -2.40. The highest BCUT2D eigenvalue weighted by Crippen LogP contribution is 2.48. The molecule has 0 saturated carbocycles. The van der Waals surface area contributed by atoms with Crippen molar-refractivity contribution >= 4 is 11.4 Å². The number of fused-ring (bicyclic) bond motifs is 2. The van der Waals surface area contributed by atoms with Crippen molar-refractivity contribution in [2.75, 3.05) is 22.9 Å². The fourth-order valence-corrected chi connectivity index (χ4v) is 7.32. The highest BCUT2D eigenvalue weighted by Gasteiger charge is 2.43. The van der Waals surface area contributed by atoms with Gasteiger partial charge in [0.25, 0.3) is 0 Å². The smallest absolute Gasteiger partial charge is 0.0568 e. The lowest BCUT2D eigenvalue weighted by atomic mass is 9.80. The molecule has 1 unspecified atom stereocenters. The molecule has 2 aromatic carbocycles. The van der Waals surface area contributed by atoms with E-state index in [0.717, 1.165) is 13.1 Å². The molecular formula is C39H58N2. The third-order valence-electron chi connectivity index (χ3n) is 9.82. The van der Waals surface area contributed by atoms with Crippen LogP contribution in [-0.2, 0) is 10.8 Å². The average Bonchev–Trinajstić information content (AvgIpc) is 3.31. The van der Waals surface area contributed by atoms with Gasteiger partial charge in [0.05, 0.1) is 6.04 Å². The third-order valence-corrected chi connectivity index (χ3v) is 9.82. The van der Waals surface area contributed by atoms with Crippen LogP contribution in [0.5, 0.6) is 0 Å². The molecule has 0 radical (unpaired) electrons. The first-order valence-electron chi connectivity index (χ1n) is 17.0.